The quantitative estimate of drug-likeness (QED) is 0.372. The van der Waals surface area contributed by atoms with E-state index >= 15 is 0 Å². The maximum absolute atomic E-state index is 5.49. The summed E-state index contributed by atoms with van der Waals surface area (Å²) >= 11 is 0. The van der Waals surface area contributed by atoms with Crippen molar-refractivity contribution in [1.29, 1.82) is 0 Å². The number of hydrogen-bond acceptors (Lipinski definition) is 3. The molecule has 0 amide bonds. The van der Waals surface area contributed by atoms with Gasteiger partial charge in [0.2, 0.25) is 0 Å². The van der Waals surface area contributed by atoms with Gasteiger partial charge in [-0.3, -0.25) is 4.99 Å². The van der Waals surface area contributed by atoms with Crippen molar-refractivity contribution in [1.82, 2.24) is 10.6 Å². The first kappa shape index (κ1) is 21.9. The molecule has 1 aliphatic heterocycles. The van der Waals surface area contributed by atoms with Crippen LogP contribution in [-0.2, 0) is 0 Å². The van der Waals surface area contributed by atoms with Crippen molar-refractivity contribution in [3.8, 4) is 5.75 Å². The van der Waals surface area contributed by atoms with E-state index in [2.05, 4.69) is 46.5 Å². The molecule has 0 spiro atoms. The molecular formula is C19H33IN4O. The van der Waals surface area contributed by atoms with Crippen molar-refractivity contribution < 1.29 is 4.74 Å². The third kappa shape index (κ3) is 6.92. The first-order valence-corrected chi connectivity index (χ1v) is 8.96. The lowest BCUT2D eigenvalue weighted by Gasteiger charge is -2.21. The van der Waals surface area contributed by atoms with Crippen molar-refractivity contribution in [2.75, 3.05) is 45.2 Å². The van der Waals surface area contributed by atoms with Crippen LogP contribution in [0.2, 0.25) is 0 Å². The Kier molecular flexibility index (Phi) is 10.0. The van der Waals surface area contributed by atoms with Gasteiger partial charge in [-0.05, 0) is 36.8 Å². The summed E-state index contributed by atoms with van der Waals surface area (Å²) in [5.41, 5.74) is 1.20. The smallest absolute Gasteiger partial charge is 0.190 e. The molecule has 1 fully saturated rings. The van der Waals surface area contributed by atoms with E-state index in [1.807, 2.05) is 19.2 Å². The fraction of sp³-hybridized carbons (Fsp3) is 0.632. The van der Waals surface area contributed by atoms with E-state index in [1.165, 1.54) is 12.1 Å². The van der Waals surface area contributed by atoms with Gasteiger partial charge < -0.3 is 20.3 Å². The number of aliphatic imine (C=N–C) groups is 1. The van der Waals surface area contributed by atoms with Crippen LogP contribution in [0, 0.1) is 11.8 Å². The standard InChI is InChI=1S/C19H32N4O.HI/c1-15(2)9-11-21-19(20-3)22-13-16-10-12-23(14-16)17-7-5-6-8-18(17)24-4;/h5-8,15-16H,9-14H2,1-4H3,(H2,20,21,22);1H. The fourth-order valence-corrected chi connectivity index (χ4v) is 3.05. The predicted octanol–water partition coefficient (Wildman–Crippen LogP) is 3.35. The van der Waals surface area contributed by atoms with Crippen LogP contribution >= 0.6 is 24.0 Å². The number of hydrogen-bond donors (Lipinski definition) is 2. The van der Waals surface area contributed by atoms with Crippen LogP contribution < -0.4 is 20.3 Å². The zero-order valence-electron chi connectivity index (χ0n) is 15.9. The summed E-state index contributed by atoms with van der Waals surface area (Å²) in [4.78, 5) is 6.73. The third-order valence-electron chi connectivity index (χ3n) is 4.51. The third-order valence-corrected chi connectivity index (χ3v) is 4.51. The summed E-state index contributed by atoms with van der Waals surface area (Å²) in [6.45, 7) is 8.52. The van der Waals surface area contributed by atoms with Gasteiger partial charge in [-0.15, -0.1) is 24.0 Å². The number of nitrogens with one attached hydrogen (secondary N) is 2. The minimum Gasteiger partial charge on any atom is -0.495 e. The maximum atomic E-state index is 5.49. The minimum absolute atomic E-state index is 0. The molecule has 1 heterocycles. The maximum Gasteiger partial charge on any atom is 0.190 e. The molecular weight excluding hydrogens is 427 g/mol. The zero-order chi connectivity index (χ0) is 17.4. The highest BCUT2D eigenvalue weighted by Crippen LogP contribution is 2.31. The van der Waals surface area contributed by atoms with Crippen molar-refractivity contribution in [3.05, 3.63) is 24.3 Å². The highest BCUT2D eigenvalue weighted by molar-refractivity contribution is 14.0. The normalized spacial score (nSPS) is 17.4. The molecule has 142 valence electrons. The fourth-order valence-electron chi connectivity index (χ4n) is 3.05. The molecule has 25 heavy (non-hydrogen) atoms. The Hall–Kier alpha value is -1.18. The Labute approximate surface area is 169 Å². The first-order chi connectivity index (χ1) is 11.6. The lowest BCUT2D eigenvalue weighted by atomic mass is 10.1. The molecule has 1 aromatic rings. The van der Waals surface area contributed by atoms with Crippen LogP contribution in [0.5, 0.6) is 5.75 Å². The number of nitrogens with zero attached hydrogens (tertiary/aromatic N) is 2. The van der Waals surface area contributed by atoms with Crippen molar-refractivity contribution in [2.24, 2.45) is 16.8 Å². The number of benzene rings is 1. The molecule has 0 bridgehead atoms. The molecule has 1 atom stereocenters. The molecule has 1 saturated heterocycles. The van der Waals surface area contributed by atoms with E-state index in [9.17, 15) is 0 Å². The summed E-state index contributed by atoms with van der Waals surface area (Å²) in [5, 5.41) is 6.86. The molecule has 1 aliphatic rings. The Morgan fingerprint density at radius 3 is 2.76 bits per heavy atom. The summed E-state index contributed by atoms with van der Waals surface area (Å²) < 4.78 is 5.49. The Bertz CT molecular complexity index is 536. The summed E-state index contributed by atoms with van der Waals surface area (Å²) in [5.74, 6) is 3.20. The van der Waals surface area contributed by atoms with Crippen molar-refractivity contribution >= 4 is 35.6 Å². The van der Waals surface area contributed by atoms with Crippen molar-refractivity contribution in [2.45, 2.75) is 26.7 Å². The number of halogens is 1. The number of anilines is 1. The Morgan fingerprint density at radius 1 is 1.32 bits per heavy atom. The SMILES string of the molecule is CN=C(NCCC(C)C)NCC1CCN(c2ccccc2OC)C1.I. The van der Waals surface area contributed by atoms with Crippen LogP contribution in [0.25, 0.3) is 0 Å². The van der Waals surface area contributed by atoms with Gasteiger partial charge >= 0.3 is 0 Å². The zero-order valence-corrected chi connectivity index (χ0v) is 18.2. The molecule has 0 aromatic heterocycles. The van der Waals surface area contributed by atoms with E-state index in [0.29, 0.717) is 11.8 Å². The van der Waals surface area contributed by atoms with Gasteiger partial charge in [0, 0.05) is 33.2 Å². The average molecular weight is 460 g/mol. The topological polar surface area (TPSA) is 48.9 Å². The molecule has 0 radical (unpaired) electrons. The molecule has 1 aromatic carbocycles. The molecule has 6 heteroatoms. The Morgan fingerprint density at radius 2 is 2.08 bits per heavy atom. The van der Waals surface area contributed by atoms with E-state index in [1.54, 1.807) is 7.11 Å². The monoisotopic (exact) mass is 460 g/mol. The number of guanidine groups is 1. The highest BCUT2D eigenvalue weighted by atomic mass is 127. The molecule has 1 unspecified atom stereocenters. The van der Waals surface area contributed by atoms with Gasteiger partial charge in [0.15, 0.2) is 5.96 Å². The predicted molar refractivity (Wildman–Crippen MR) is 118 cm³/mol. The van der Waals surface area contributed by atoms with Crippen LogP contribution in [0.1, 0.15) is 26.7 Å². The molecule has 0 saturated carbocycles. The molecule has 0 aliphatic carbocycles. The second kappa shape index (κ2) is 11.4. The highest BCUT2D eigenvalue weighted by Gasteiger charge is 2.24. The van der Waals surface area contributed by atoms with Gasteiger partial charge in [0.1, 0.15) is 5.75 Å². The summed E-state index contributed by atoms with van der Waals surface area (Å²) in [6.07, 6.45) is 2.35. The van der Waals surface area contributed by atoms with Crippen LogP contribution in [0.3, 0.4) is 0 Å². The van der Waals surface area contributed by atoms with Crippen LogP contribution in [0.15, 0.2) is 29.3 Å². The van der Waals surface area contributed by atoms with Crippen LogP contribution in [-0.4, -0.2) is 46.3 Å². The van der Waals surface area contributed by atoms with Gasteiger partial charge in [-0.2, -0.15) is 0 Å². The number of para-hydroxylation sites is 2. The lowest BCUT2D eigenvalue weighted by Crippen LogP contribution is -2.40. The number of methoxy groups -OCH3 is 1. The van der Waals surface area contributed by atoms with E-state index in [4.69, 9.17) is 4.74 Å². The van der Waals surface area contributed by atoms with E-state index in [0.717, 1.165) is 44.3 Å². The van der Waals surface area contributed by atoms with Gasteiger partial charge in [0.05, 0.1) is 12.8 Å². The largest absolute Gasteiger partial charge is 0.495 e. The minimum atomic E-state index is 0. The molecule has 5 nitrogen and oxygen atoms in total. The second-order valence-corrected chi connectivity index (χ2v) is 6.83. The first-order valence-electron chi connectivity index (χ1n) is 8.96. The van der Waals surface area contributed by atoms with Gasteiger partial charge in [-0.25, -0.2) is 0 Å². The average Bonchev–Trinajstić information content (AvgIpc) is 3.06. The molecule has 2 N–H and O–H groups in total. The Balaban J connectivity index is 0.00000312. The summed E-state index contributed by atoms with van der Waals surface area (Å²) in [7, 11) is 3.57. The summed E-state index contributed by atoms with van der Waals surface area (Å²) in [6, 6.07) is 8.26. The van der Waals surface area contributed by atoms with Crippen molar-refractivity contribution in [3.63, 3.8) is 0 Å². The van der Waals surface area contributed by atoms with Crippen LogP contribution in [0.4, 0.5) is 5.69 Å². The van der Waals surface area contributed by atoms with Gasteiger partial charge in [-0.1, -0.05) is 26.0 Å². The van der Waals surface area contributed by atoms with E-state index < -0.39 is 0 Å². The number of rotatable bonds is 7. The second-order valence-electron chi connectivity index (χ2n) is 6.83. The lowest BCUT2D eigenvalue weighted by molar-refractivity contribution is 0.414. The van der Waals surface area contributed by atoms with E-state index in [-0.39, 0.29) is 24.0 Å². The molecule has 2 rings (SSSR count). The van der Waals surface area contributed by atoms with Gasteiger partial charge in [0.25, 0.3) is 0 Å². The number of ether oxygens (including phenoxy) is 1.